The lowest BCUT2D eigenvalue weighted by molar-refractivity contribution is 0.0684. The van der Waals surface area contributed by atoms with E-state index in [1.807, 2.05) is 0 Å². The number of aromatic amines is 1. The number of aromatic nitrogens is 2. The maximum absolute atomic E-state index is 10.8. The predicted molar refractivity (Wildman–Crippen MR) is 37.7 cm³/mol. The number of carbonyl (C=O) groups is 1. The molecule has 1 aromatic heterocycles. The van der Waals surface area contributed by atoms with Gasteiger partial charge in [-0.15, -0.1) is 0 Å². The van der Waals surface area contributed by atoms with E-state index in [9.17, 15) is 9.59 Å². The van der Waals surface area contributed by atoms with Crippen molar-refractivity contribution in [2.45, 2.75) is 6.92 Å². The summed E-state index contributed by atoms with van der Waals surface area (Å²) in [5, 5.41) is 10.9. The van der Waals surface area contributed by atoms with Gasteiger partial charge >= 0.3 is 5.97 Å². The number of hydrogen-bond donors (Lipinski definition) is 2. The molecule has 0 bridgehead atoms. The summed E-state index contributed by atoms with van der Waals surface area (Å²) >= 11 is 0. The van der Waals surface area contributed by atoms with Crippen LogP contribution in [0.1, 0.15) is 16.1 Å². The van der Waals surface area contributed by atoms with Gasteiger partial charge in [0.15, 0.2) is 5.69 Å². The highest BCUT2D eigenvalue weighted by molar-refractivity contribution is 5.87. The molecule has 5 nitrogen and oxygen atoms in total. The van der Waals surface area contributed by atoms with Gasteiger partial charge in [0.1, 0.15) is 0 Å². The number of nitrogens with one attached hydrogen (secondary N) is 1. The van der Waals surface area contributed by atoms with E-state index >= 15 is 0 Å². The highest BCUT2D eigenvalue weighted by atomic mass is 16.4. The second kappa shape index (κ2) is 2.26. The minimum absolute atomic E-state index is 0.00926. The van der Waals surface area contributed by atoms with Gasteiger partial charge in [-0.05, 0) is 6.92 Å². The zero-order valence-corrected chi connectivity index (χ0v) is 6.21. The molecule has 0 atom stereocenters. The van der Waals surface area contributed by atoms with E-state index in [2.05, 4.69) is 5.10 Å². The van der Waals surface area contributed by atoms with Crippen molar-refractivity contribution in [2.75, 3.05) is 0 Å². The van der Waals surface area contributed by atoms with Crippen molar-refractivity contribution in [3.63, 3.8) is 0 Å². The molecule has 1 aromatic rings. The van der Waals surface area contributed by atoms with Gasteiger partial charge in [-0.1, -0.05) is 0 Å². The average Bonchev–Trinajstić information content (AvgIpc) is 2.07. The summed E-state index contributed by atoms with van der Waals surface area (Å²) in [7, 11) is 1.48. The monoisotopic (exact) mass is 156 g/mol. The molecule has 60 valence electrons. The summed E-state index contributed by atoms with van der Waals surface area (Å²) in [6, 6.07) is 0. The molecule has 1 rings (SSSR count). The fraction of sp³-hybridized carbons (Fsp3) is 0.333. The molecule has 0 fully saturated rings. The van der Waals surface area contributed by atoms with Gasteiger partial charge in [-0.25, -0.2) is 4.79 Å². The Morgan fingerprint density at radius 2 is 2.18 bits per heavy atom. The highest BCUT2D eigenvalue weighted by Crippen LogP contribution is 1.99. The van der Waals surface area contributed by atoms with Crippen LogP contribution >= 0.6 is 0 Å². The molecule has 0 aliphatic rings. The normalized spacial score (nSPS) is 10.0. The van der Waals surface area contributed by atoms with Crippen LogP contribution in [-0.4, -0.2) is 20.9 Å². The van der Waals surface area contributed by atoms with E-state index in [0.717, 1.165) is 0 Å². The van der Waals surface area contributed by atoms with Crippen LogP contribution in [0.2, 0.25) is 0 Å². The van der Waals surface area contributed by atoms with Crippen molar-refractivity contribution >= 4 is 5.97 Å². The van der Waals surface area contributed by atoms with E-state index in [0.29, 0.717) is 0 Å². The van der Waals surface area contributed by atoms with Crippen LogP contribution in [0.4, 0.5) is 0 Å². The number of carboxylic acids is 1. The molecule has 5 heteroatoms. The van der Waals surface area contributed by atoms with Gasteiger partial charge in [0.25, 0.3) is 5.56 Å². The summed E-state index contributed by atoms with van der Waals surface area (Å²) in [6.45, 7) is 1.47. The molecule has 0 aliphatic heterocycles. The Balaban J connectivity index is 3.46. The standard InChI is InChI=1S/C6H8N2O3/c1-3-4(6(10)11)8(2)7-5(3)9/h1-2H3,(H,7,9)(H,10,11). The molecule has 11 heavy (non-hydrogen) atoms. The van der Waals surface area contributed by atoms with E-state index in [4.69, 9.17) is 5.11 Å². The van der Waals surface area contributed by atoms with Crippen molar-refractivity contribution in [3.8, 4) is 0 Å². The maximum atomic E-state index is 10.8. The molecule has 0 spiro atoms. The van der Waals surface area contributed by atoms with E-state index < -0.39 is 5.97 Å². The Labute approximate surface area is 62.3 Å². The largest absolute Gasteiger partial charge is 0.477 e. The van der Waals surface area contributed by atoms with Gasteiger partial charge in [-0.2, -0.15) is 0 Å². The molecule has 1 heterocycles. The lowest BCUT2D eigenvalue weighted by atomic mass is 10.3. The molecular formula is C6H8N2O3. The second-order valence-corrected chi connectivity index (χ2v) is 2.28. The quantitative estimate of drug-likeness (QED) is 0.587. The topological polar surface area (TPSA) is 75.1 Å². The molecule has 0 amide bonds. The van der Waals surface area contributed by atoms with Gasteiger partial charge in [0.05, 0.1) is 0 Å². The summed E-state index contributed by atoms with van der Waals surface area (Å²) in [4.78, 5) is 21.3. The third kappa shape index (κ3) is 1.04. The first kappa shape index (κ1) is 7.59. The van der Waals surface area contributed by atoms with Crippen molar-refractivity contribution in [1.82, 2.24) is 9.78 Å². The first-order valence-electron chi connectivity index (χ1n) is 3.03. The fourth-order valence-corrected chi connectivity index (χ4v) is 0.955. The zero-order chi connectivity index (χ0) is 8.59. The second-order valence-electron chi connectivity index (χ2n) is 2.28. The van der Waals surface area contributed by atoms with Gasteiger partial charge in [0, 0.05) is 12.6 Å². The lowest BCUT2D eigenvalue weighted by Crippen LogP contribution is -2.06. The predicted octanol–water partition coefficient (Wildman–Crippen LogP) is -0.280. The number of nitrogens with zero attached hydrogens (tertiary/aromatic N) is 1. The van der Waals surface area contributed by atoms with Crippen LogP contribution in [0.3, 0.4) is 0 Å². The van der Waals surface area contributed by atoms with E-state index in [1.165, 1.54) is 18.7 Å². The fourth-order valence-electron chi connectivity index (χ4n) is 0.955. The van der Waals surface area contributed by atoms with Gasteiger partial charge in [0.2, 0.25) is 0 Å². The number of H-pyrrole nitrogens is 1. The first-order chi connectivity index (χ1) is 5.04. The Hall–Kier alpha value is -1.52. The summed E-state index contributed by atoms with van der Waals surface area (Å²) < 4.78 is 1.19. The molecular weight excluding hydrogens is 148 g/mol. The molecule has 0 aromatic carbocycles. The molecule has 0 saturated heterocycles. The zero-order valence-electron chi connectivity index (χ0n) is 6.21. The van der Waals surface area contributed by atoms with E-state index in [-0.39, 0.29) is 16.8 Å². The van der Waals surface area contributed by atoms with Crippen molar-refractivity contribution in [1.29, 1.82) is 0 Å². The summed E-state index contributed by atoms with van der Waals surface area (Å²) in [5.41, 5.74) is -0.111. The van der Waals surface area contributed by atoms with Gasteiger partial charge < -0.3 is 5.11 Å². The number of hydrogen-bond acceptors (Lipinski definition) is 2. The van der Waals surface area contributed by atoms with E-state index in [1.54, 1.807) is 0 Å². The van der Waals surface area contributed by atoms with Crippen LogP contribution in [0, 0.1) is 6.92 Å². The molecule has 0 aliphatic carbocycles. The van der Waals surface area contributed by atoms with Crippen LogP contribution < -0.4 is 5.56 Å². The SMILES string of the molecule is Cc1c(C(=O)O)n(C)[nH]c1=O. The number of aryl methyl sites for hydroxylation is 1. The molecule has 0 unspecified atom stereocenters. The van der Waals surface area contributed by atoms with Crippen molar-refractivity contribution in [2.24, 2.45) is 7.05 Å². The Morgan fingerprint density at radius 3 is 2.36 bits per heavy atom. The smallest absolute Gasteiger partial charge is 0.354 e. The average molecular weight is 156 g/mol. The third-order valence-electron chi connectivity index (χ3n) is 1.50. The van der Waals surface area contributed by atoms with Gasteiger partial charge in [-0.3, -0.25) is 14.6 Å². The molecule has 0 radical (unpaired) electrons. The lowest BCUT2D eigenvalue weighted by Gasteiger charge is -1.94. The summed E-state index contributed by atoms with van der Waals surface area (Å²) in [5.74, 6) is -1.09. The first-order valence-corrected chi connectivity index (χ1v) is 3.03. The van der Waals surface area contributed by atoms with Crippen molar-refractivity contribution < 1.29 is 9.90 Å². The number of carboxylic acid groups (broad SMARTS) is 1. The minimum Gasteiger partial charge on any atom is -0.477 e. The van der Waals surface area contributed by atoms with Crippen LogP contribution in [0.25, 0.3) is 0 Å². The highest BCUT2D eigenvalue weighted by Gasteiger charge is 2.14. The van der Waals surface area contributed by atoms with Crippen LogP contribution in [-0.2, 0) is 7.05 Å². The Morgan fingerprint density at radius 1 is 1.64 bits per heavy atom. The minimum atomic E-state index is -1.09. The molecule has 2 N–H and O–H groups in total. The third-order valence-corrected chi connectivity index (χ3v) is 1.50. The maximum Gasteiger partial charge on any atom is 0.354 e. The number of rotatable bonds is 1. The number of aromatic carboxylic acids is 1. The summed E-state index contributed by atoms with van der Waals surface area (Å²) in [6.07, 6.45) is 0. The van der Waals surface area contributed by atoms with Crippen LogP contribution in [0.15, 0.2) is 4.79 Å². The van der Waals surface area contributed by atoms with Crippen molar-refractivity contribution in [3.05, 3.63) is 21.6 Å². The Kier molecular flexibility index (Phi) is 1.56. The van der Waals surface area contributed by atoms with Crippen LogP contribution in [0.5, 0.6) is 0 Å². The Bertz CT molecular complexity index is 347. The molecule has 0 saturated carbocycles.